The third kappa shape index (κ3) is 2.08. The first kappa shape index (κ1) is 12.2. The van der Waals surface area contributed by atoms with Crippen molar-refractivity contribution in [3.8, 4) is 0 Å². The second kappa shape index (κ2) is 5.02. The van der Waals surface area contributed by atoms with Gasteiger partial charge in [0.05, 0.1) is 6.10 Å². The first-order valence-corrected chi connectivity index (χ1v) is 7.42. The summed E-state index contributed by atoms with van der Waals surface area (Å²) >= 11 is 3.67. The molecule has 0 amide bonds. The van der Waals surface area contributed by atoms with E-state index in [1.807, 2.05) is 0 Å². The molecule has 0 radical (unpaired) electrons. The van der Waals surface area contributed by atoms with Gasteiger partial charge in [-0.1, -0.05) is 59.1 Å². The summed E-state index contributed by atoms with van der Waals surface area (Å²) in [6, 6.07) is 12.7. The Balaban J connectivity index is 2.17. The highest BCUT2D eigenvalue weighted by Crippen LogP contribution is 2.40. The molecule has 0 heterocycles. The highest BCUT2D eigenvalue weighted by Gasteiger charge is 2.27. The zero-order valence-corrected chi connectivity index (χ0v) is 11.9. The van der Waals surface area contributed by atoms with E-state index in [0.717, 1.165) is 23.7 Å². The molecule has 0 aromatic heterocycles. The molecule has 3 rings (SSSR count). The maximum Gasteiger partial charge on any atom is 0.0609 e. The predicted molar refractivity (Wildman–Crippen MR) is 78.9 cm³/mol. The van der Waals surface area contributed by atoms with Gasteiger partial charge in [-0.15, -0.1) is 0 Å². The van der Waals surface area contributed by atoms with Crippen LogP contribution in [0, 0.1) is 0 Å². The minimum Gasteiger partial charge on any atom is -0.392 e. The molecule has 1 N–H and O–H groups in total. The lowest BCUT2D eigenvalue weighted by Crippen LogP contribution is -2.23. The topological polar surface area (TPSA) is 20.2 Å². The lowest BCUT2D eigenvalue weighted by Gasteiger charge is -2.29. The zero-order valence-electron chi connectivity index (χ0n) is 10.3. The predicted octanol–water partition coefficient (Wildman–Crippen LogP) is 4.62. The van der Waals surface area contributed by atoms with Gasteiger partial charge in [0.1, 0.15) is 0 Å². The van der Waals surface area contributed by atoms with Crippen LogP contribution in [0.15, 0.2) is 40.9 Å². The monoisotopic (exact) mass is 304 g/mol. The van der Waals surface area contributed by atoms with Gasteiger partial charge in [-0.3, -0.25) is 0 Å². The smallest absolute Gasteiger partial charge is 0.0609 e. The van der Waals surface area contributed by atoms with Crippen molar-refractivity contribution in [1.29, 1.82) is 0 Å². The van der Waals surface area contributed by atoms with Crippen molar-refractivity contribution < 1.29 is 5.11 Å². The van der Waals surface area contributed by atoms with E-state index in [4.69, 9.17) is 0 Å². The van der Waals surface area contributed by atoms with E-state index in [-0.39, 0.29) is 12.0 Å². The van der Waals surface area contributed by atoms with E-state index in [1.54, 1.807) is 0 Å². The van der Waals surface area contributed by atoms with Crippen LogP contribution in [0.4, 0.5) is 0 Å². The molecule has 1 aliphatic carbocycles. The Kier molecular flexibility index (Phi) is 3.40. The van der Waals surface area contributed by atoms with Crippen molar-refractivity contribution in [2.24, 2.45) is 0 Å². The number of fused-ring (bicyclic) bond motifs is 1. The molecular weight excluding hydrogens is 288 g/mol. The lowest BCUT2D eigenvalue weighted by molar-refractivity contribution is 0.106. The van der Waals surface area contributed by atoms with Crippen molar-refractivity contribution in [3.05, 3.63) is 46.4 Å². The SMILES string of the molecule is O[C@H]1CCCC[C@H]1c1c(Br)ccc2ccccc12. The van der Waals surface area contributed by atoms with Gasteiger partial charge in [0.2, 0.25) is 0 Å². The molecule has 0 aliphatic heterocycles. The number of hydrogen-bond donors (Lipinski definition) is 1. The van der Waals surface area contributed by atoms with Crippen LogP contribution in [-0.4, -0.2) is 11.2 Å². The normalized spacial score (nSPS) is 24.3. The van der Waals surface area contributed by atoms with E-state index in [0.29, 0.717) is 0 Å². The molecule has 0 saturated heterocycles. The van der Waals surface area contributed by atoms with E-state index in [2.05, 4.69) is 52.3 Å². The minimum atomic E-state index is -0.194. The van der Waals surface area contributed by atoms with Crippen molar-refractivity contribution >= 4 is 26.7 Å². The molecule has 1 saturated carbocycles. The Morgan fingerprint density at radius 2 is 1.78 bits per heavy atom. The van der Waals surface area contributed by atoms with E-state index in [9.17, 15) is 5.11 Å². The molecule has 94 valence electrons. The first-order valence-electron chi connectivity index (χ1n) is 6.62. The van der Waals surface area contributed by atoms with Crippen LogP contribution in [0.25, 0.3) is 10.8 Å². The van der Waals surface area contributed by atoms with Gasteiger partial charge in [-0.25, -0.2) is 0 Å². The average molecular weight is 305 g/mol. The Bertz CT molecular complexity index is 564. The van der Waals surface area contributed by atoms with Gasteiger partial charge >= 0.3 is 0 Å². The Morgan fingerprint density at radius 1 is 1.00 bits per heavy atom. The molecular formula is C16H17BrO. The standard InChI is InChI=1S/C16H17BrO/c17-14-10-9-11-5-1-2-6-12(11)16(14)13-7-3-4-8-15(13)18/h1-2,5-6,9-10,13,15,18H,3-4,7-8H2/t13-,15+/m1/s1. The molecule has 2 atom stereocenters. The maximum absolute atomic E-state index is 10.3. The second-order valence-electron chi connectivity index (χ2n) is 5.14. The summed E-state index contributed by atoms with van der Waals surface area (Å²) in [4.78, 5) is 0. The quantitative estimate of drug-likeness (QED) is 0.815. The summed E-state index contributed by atoms with van der Waals surface area (Å²) in [5.41, 5.74) is 1.29. The minimum absolute atomic E-state index is 0.194. The molecule has 0 bridgehead atoms. The summed E-state index contributed by atoms with van der Waals surface area (Å²) in [5.74, 6) is 0.277. The summed E-state index contributed by atoms with van der Waals surface area (Å²) in [7, 11) is 0. The fourth-order valence-corrected chi connectivity index (χ4v) is 3.73. The largest absolute Gasteiger partial charge is 0.392 e. The van der Waals surface area contributed by atoms with Crippen molar-refractivity contribution in [2.45, 2.75) is 37.7 Å². The summed E-state index contributed by atoms with van der Waals surface area (Å²) in [6.07, 6.45) is 4.20. The highest BCUT2D eigenvalue weighted by molar-refractivity contribution is 9.10. The third-order valence-corrected chi connectivity index (χ3v) is 4.71. The Labute approximate surface area is 116 Å². The third-order valence-electron chi connectivity index (χ3n) is 4.02. The molecule has 1 fully saturated rings. The van der Waals surface area contributed by atoms with Crippen molar-refractivity contribution in [3.63, 3.8) is 0 Å². The van der Waals surface area contributed by atoms with Crippen LogP contribution in [0.5, 0.6) is 0 Å². The highest BCUT2D eigenvalue weighted by atomic mass is 79.9. The van der Waals surface area contributed by atoms with Crippen LogP contribution < -0.4 is 0 Å². The van der Waals surface area contributed by atoms with Gasteiger partial charge in [-0.05, 0) is 35.2 Å². The maximum atomic E-state index is 10.3. The molecule has 0 spiro atoms. The van der Waals surface area contributed by atoms with Gasteiger partial charge in [0, 0.05) is 10.4 Å². The molecule has 1 aliphatic rings. The first-order chi connectivity index (χ1) is 8.77. The number of aliphatic hydroxyl groups excluding tert-OH is 1. The average Bonchev–Trinajstić information content (AvgIpc) is 2.40. The number of hydrogen-bond acceptors (Lipinski definition) is 1. The lowest BCUT2D eigenvalue weighted by atomic mass is 9.80. The van der Waals surface area contributed by atoms with Gasteiger partial charge < -0.3 is 5.11 Å². The van der Waals surface area contributed by atoms with E-state index in [1.165, 1.54) is 22.8 Å². The molecule has 2 aromatic carbocycles. The fourth-order valence-electron chi connectivity index (χ4n) is 3.09. The van der Waals surface area contributed by atoms with Crippen molar-refractivity contribution in [1.82, 2.24) is 0 Å². The van der Waals surface area contributed by atoms with Crippen molar-refractivity contribution in [2.75, 3.05) is 0 Å². The Morgan fingerprint density at radius 3 is 2.61 bits per heavy atom. The van der Waals surface area contributed by atoms with Crippen LogP contribution in [0.3, 0.4) is 0 Å². The van der Waals surface area contributed by atoms with Gasteiger partial charge in [-0.2, -0.15) is 0 Å². The van der Waals surface area contributed by atoms with Gasteiger partial charge in [0.25, 0.3) is 0 Å². The molecule has 1 nitrogen and oxygen atoms in total. The number of halogens is 1. The van der Waals surface area contributed by atoms with E-state index < -0.39 is 0 Å². The zero-order chi connectivity index (χ0) is 12.5. The Hall–Kier alpha value is -0.860. The fraction of sp³-hybridized carbons (Fsp3) is 0.375. The molecule has 18 heavy (non-hydrogen) atoms. The summed E-state index contributed by atoms with van der Waals surface area (Å²) in [6.45, 7) is 0. The summed E-state index contributed by atoms with van der Waals surface area (Å²) in [5, 5.41) is 12.8. The van der Waals surface area contributed by atoms with Crippen LogP contribution in [0.2, 0.25) is 0 Å². The van der Waals surface area contributed by atoms with Crippen LogP contribution in [-0.2, 0) is 0 Å². The van der Waals surface area contributed by atoms with Gasteiger partial charge in [0.15, 0.2) is 0 Å². The van der Waals surface area contributed by atoms with E-state index >= 15 is 0 Å². The molecule has 2 heteroatoms. The number of benzene rings is 2. The van der Waals surface area contributed by atoms with Crippen LogP contribution >= 0.6 is 15.9 Å². The summed E-state index contributed by atoms with van der Waals surface area (Å²) < 4.78 is 1.13. The number of aliphatic hydroxyl groups is 1. The number of rotatable bonds is 1. The molecule has 0 unspecified atom stereocenters. The van der Waals surface area contributed by atoms with Crippen LogP contribution in [0.1, 0.15) is 37.2 Å². The molecule has 2 aromatic rings. The second-order valence-corrected chi connectivity index (χ2v) is 5.99.